The van der Waals surface area contributed by atoms with E-state index in [1.54, 1.807) is 4.57 Å². The SMILES string of the molecule is CCn1cc(CCn2c(Br)ccc(C)c2=O)cn1. The van der Waals surface area contributed by atoms with Gasteiger partial charge in [-0.1, -0.05) is 6.07 Å². The fourth-order valence-electron chi connectivity index (χ4n) is 1.82. The van der Waals surface area contributed by atoms with Gasteiger partial charge in [0, 0.05) is 24.8 Å². The monoisotopic (exact) mass is 309 g/mol. The molecule has 96 valence electrons. The van der Waals surface area contributed by atoms with E-state index in [4.69, 9.17) is 0 Å². The third kappa shape index (κ3) is 2.72. The first-order valence-corrected chi connectivity index (χ1v) is 6.78. The molecule has 0 fully saturated rings. The summed E-state index contributed by atoms with van der Waals surface area (Å²) in [7, 11) is 0. The highest BCUT2D eigenvalue weighted by Crippen LogP contribution is 2.09. The molecule has 0 aliphatic rings. The molecule has 2 rings (SSSR count). The van der Waals surface area contributed by atoms with Crippen LogP contribution in [0.2, 0.25) is 0 Å². The van der Waals surface area contributed by atoms with Gasteiger partial charge in [0.05, 0.1) is 10.8 Å². The van der Waals surface area contributed by atoms with Crippen LogP contribution >= 0.6 is 15.9 Å². The molecule has 0 aromatic carbocycles. The van der Waals surface area contributed by atoms with Crippen LogP contribution in [0.5, 0.6) is 0 Å². The molecule has 0 spiro atoms. The molecule has 2 aromatic rings. The minimum absolute atomic E-state index is 0.0623. The predicted octanol–water partition coefficient (Wildman–Crippen LogP) is 2.38. The molecule has 0 saturated heterocycles. The number of pyridine rings is 1. The van der Waals surface area contributed by atoms with Crippen LogP contribution in [0.4, 0.5) is 0 Å². The summed E-state index contributed by atoms with van der Waals surface area (Å²) < 4.78 is 4.46. The third-order valence-corrected chi connectivity index (χ3v) is 3.64. The molecule has 0 unspecified atom stereocenters. The lowest BCUT2D eigenvalue weighted by Gasteiger charge is -2.08. The van der Waals surface area contributed by atoms with Crippen LogP contribution in [0.1, 0.15) is 18.1 Å². The van der Waals surface area contributed by atoms with Crippen molar-refractivity contribution >= 4 is 15.9 Å². The Morgan fingerprint density at radius 3 is 2.83 bits per heavy atom. The Morgan fingerprint density at radius 2 is 2.17 bits per heavy atom. The molecule has 0 saturated carbocycles. The molecule has 18 heavy (non-hydrogen) atoms. The van der Waals surface area contributed by atoms with Crippen molar-refractivity contribution in [3.05, 3.63) is 50.6 Å². The summed E-state index contributed by atoms with van der Waals surface area (Å²) in [5.41, 5.74) is 1.98. The summed E-state index contributed by atoms with van der Waals surface area (Å²) in [5, 5.41) is 4.23. The minimum Gasteiger partial charge on any atom is -0.302 e. The quantitative estimate of drug-likeness (QED) is 0.814. The molecular weight excluding hydrogens is 294 g/mol. The van der Waals surface area contributed by atoms with E-state index in [1.165, 1.54) is 0 Å². The standard InChI is InChI=1S/C13H16BrN3O/c1-3-16-9-11(8-15-16)6-7-17-12(14)5-4-10(2)13(17)18/h4-5,8-9H,3,6-7H2,1-2H3. The molecule has 4 nitrogen and oxygen atoms in total. The second-order valence-electron chi connectivity index (χ2n) is 4.25. The van der Waals surface area contributed by atoms with Crippen LogP contribution in [0.15, 0.2) is 33.9 Å². The highest BCUT2D eigenvalue weighted by molar-refractivity contribution is 9.10. The zero-order valence-electron chi connectivity index (χ0n) is 10.6. The van der Waals surface area contributed by atoms with Crippen molar-refractivity contribution in [2.24, 2.45) is 0 Å². The Morgan fingerprint density at radius 1 is 1.39 bits per heavy atom. The molecule has 0 N–H and O–H groups in total. The average molecular weight is 310 g/mol. The predicted molar refractivity (Wildman–Crippen MR) is 74.7 cm³/mol. The lowest BCUT2D eigenvalue weighted by Crippen LogP contribution is -2.23. The van der Waals surface area contributed by atoms with Crippen molar-refractivity contribution in [2.75, 3.05) is 0 Å². The van der Waals surface area contributed by atoms with Gasteiger partial charge in [0.15, 0.2) is 0 Å². The minimum atomic E-state index is 0.0623. The molecule has 0 bridgehead atoms. The molecule has 2 heterocycles. The lowest BCUT2D eigenvalue weighted by atomic mass is 10.2. The smallest absolute Gasteiger partial charge is 0.254 e. The normalized spacial score (nSPS) is 10.8. The Labute approximate surface area is 114 Å². The molecular formula is C13H16BrN3O. The number of hydrogen-bond acceptors (Lipinski definition) is 2. The molecule has 0 radical (unpaired) electrons. The van der Waals surface area contributed by atoms with Crippen molar-refractivity contribution in [2.45, 2.75) is 33.4 Å². The van der Waals surface area contributed by atoms with E-state index in [-0.39, 0.29) is 5.56 Å². The van der Waals surface area contributed by atoms with Crippen molar-refractivity contribution in [1.82, 2.24) is 14.3 Å². The number of nitrogens with zero attached hydrogens (tertiary/aromatic N) is 3. The summed E-state index contributed by atoms with van der Waals surface area (Å²) >= 11 is 3.42. The second-order valence-corrected chi connectivity index (χ2v) is 5.06. The lowest BCUT2D eigenvalue weighted by molar-refractivity contribution is 0.644. The number of aryl methyl sites for hydroxylation is 3. The summed E-state index contributed by atoms with van der Waals surface area (Å²) in [6.07, 6.45) is 4.69. The van der Waals surface area contributed by atoms with Crippen LogP contribution in [0, 0.1) is 6.92 Å². The van der Waals surface area contributed by atoms with E-state index in [2.05, 4.69) is 28.0 Å². The Bertz CT molecular complexity index is 601. The maximum Gasteiger partial charge on any atom is 0.254 e. The van der Waals surface area contributed by atoms with Crippen molar-refractivity contribution in [1.29, 1.82) is 0 Å². The Kier molecular flexibility index (Phi) is 4.01. The highest BCUT2D eigenvalue weighted by Gasteiger charge is 2.05. The van der Waals surface area contributed by atoms with Gasteiger partial charge in [-0.2, -0.15) is 5.10 Å². The first-order chi connectivity index (χ1) is 8.61. The van der Waals surface area contributed by atoms with E-state index in [0.29, 0.717) is 6.54 Å². The average Bonchev–Trinajstić information content (AvgIpc) is 2.82. The van der Waals surface area contributed by atoms with Crippen LogP contribution in [0.3, 0.4) is 0 Å². The van der Waals surface area contributed by atoms with Gasteiger partial charge in [0.2, 0.25) is 0 Å². The van der Waals surface area contributed by atoms with Gasteiger partial charge in [0.1, 0.15) is 0 Å². The maximum atomic E-state index is 12.0. The summed E-state index contributed by atoms with van der Waals surface area (Å²) in [6, 6.07) is 3.74. The van der Waals surface area contributed by atoms with Crippen LogP contribution in [0.25, 0.3) is 0 Å². The van der Waals surface area contributed by atoms with Gasteiger partial charge >= 0.3 is 0 Å². The van der Waals surface area contributed by atoms with E-state index in [1.807, 2.05) is 36.1 Å². The van der Waals surface area contributed by atoms with Crippen LogP contribution in [-0.4, -0.2) is 14.3 Å². The van der Waals surface area contributed by atoms with Gasteiger partial charge in [-0.3, -0.25) is 9.48 Å². The summed E-state index contributed by atoms with van der Waals surface area (Å²) in [6.45, 7) is 5.42. The Balaban J connectivity index is 2.15. The number of halogens is 1. The fourth-order valence-corrected chi connectivity index (χ4v) is 2.29. The fraction of sp³-hybridized carbons (Fsp3) is 0.385. The van der Waals surface area contributed by atoms with E-state index >= 15 is 0 Å². The van der Waals surface area contributed by atoms with E-state index in [9.17, 15) is 4.79 Å². The maximum absolute atomic E-state index is 12.0. The van der Waals surface area contributed by atoms with Crippen molar-refractivity contribution in [3.8, 4) is 0 Å². The molecule has 2 aromatic heterocycles. The van der Waals surface area contributed by atoms with Gasteiger partial charge < -0.3 is 4.57 Å². The molecule has 0 atom stereocenters. The topological polar surface area (TPSA) is 39.8 Å². The van der Waals surface area contributed by atoms with Gasteiger partial charge in [-0.05, 0) is 47.8 Å². The van der Waals surface area contributed by atoms with Gasteiger partial charge in [-0.15, -0.1) is 0 Å². The third-order valence-electron chi connectivity index (χ3n) is 2.95. The zero-order chi connectivity index (χ0) is 13.1. The summed E-state index contributed by atoms with van der Waals surface area (Å²) in [4.78, 5) is 12.0. The van der Waals surface area contributed by atoms with Crippen molar-refractivity contribution < 1.29 is 0 Å². The molecule has 0 amide bonds. The first kappa shape index (κ1) is 13.1. The van der Waals surface area contributed by atoms with Crippen LogP contribution < -0.4 is 5.56 Å². The highest BCUT2D eigenvalue weighted by atomic mass is 79.9. The van der Waals surface area contributed by atoms with E-state index < -0.39 is 0 Å². The molecule has 5 heteroatoms. The second kappa shape index (κ2) is 5.52. The zero-order valence-corrected chi connectivity index (χ0v) is 12.1. The van der Waals surface area contributed by atoms with Crippen molar-refractivity contribution in [3.63, 3.8) is 0 Å². The molecule has 0 aliphatic carbocycles. The largest absolute Gasteiger partial charge is 0.302 e. The van der Waals surface area contributed by atoms with Gasteiger partial charge in [-0.25, -0.2) is 0 Å². The molecule has 0 aliphatic heterocycles. The summed E-state index contributed by atoms with van der Waals surface area (Å²) in [5.74, 6) is 0. The number of hydrogen-bond donors (Lipinski definition) is 0. The number of rotatable bonds is 4. The van der Waals surface area contributed by atoms with E-state index in [0.717, 1.165) is 28.7 Å². The first-order valence-electron chi connectivity index (χ1n) is 5.99. The van der Waals surface area contributed by atoms with Crippen LogP contribution in [-0.2, 0) is 19.5 Å². The van der Waals surface area contributed by atoms with Gasteiger partial charge in [0.25, 0.3) is 5.56 Å². The number of aromatic nitrogens is 3. The Hall–Kier alpha value is -1.36.